The number of carboxylic acid groups (broad SMARTS) is 1. The molecule has 0 saturated heterocycles. The summed E-state index contributed by atoms with van der Waals surface area (Å²) in [7, 11) is 1.61. The van der Waals surface area contributed by atoms with Crippen LogP contribution in [0, 0.1) is 0 Å². The average Bonchev–Trinajstić information content (AvgIpc) is 2.48. The third-order valence-electron chi connectivity index (χ3n) is 2.70. The molecule has 0 spiro atoms. The van der Waals surface area contributed by atoms with Crippen LogP contribution in [0.5, 0.6) is 5.75 Å². The lowest BCUT2D eigenvalue weighted by Crippen LogP contribution is -2.05. The number of methoxy groups -OCH3 is 1. The van der Waals surface area contributed by atoms with E-state index in [4.69, 9.17) is 21.4 Å². The van der Waals surface area contributed by atoms with Gasteiger partial charge in [-0.05, 0) is 35.9 Å². The maximum atomic E-state index is 11.0. The first-order valence-electron chi connectivity index (χ1n) is 5.89. The van der Waals surface area contributed by atoms with E-state index in [2.05, 4.69) is 0 Å². The second-order valence-electron chi connectivity index (χ2n) is 4.02. The van der Waals surface area contributed by atoms with Gasteiger partial charge in [0.25, 0.3) is 0 Å². The molecule has 0 aliphatic rings. The number of carbonyl (C=O) groups is 1. The average molecular weight is 309 g/mol. The summed E-state index contributed by atoms with van der Waals surface area (Å²) >= 11 is 7.40. The van der Waals surface area contributed by atoms with Crippen molar-refractivity contribution in [2.24, 2.45) is 0 Å². The van der Waals surface area contributed by atoms with Crippen molar-refractivity contribution in [3.63, 3.8) is 0 Å². The molecule has 0 aliphatic heterocycles. The van der Waals surface area contributed by atoms with Crippen molar-refractivity contribution >= 4 is 29.3 Å². The van der Waals surface area contributed by atoms with E-state index in [1.807, 2.05) is 36.4 Å². The molecule has 0 amide bonds. The molecule has 3 nitrogen and oxygen atoms in total. The predicted octanol–water partition coefficient (Wildman–Crippen LogP) is 4.21. The molecule has 20 heavy (non-hydrogen) atoms. The first-order valence-corrected chi connectivity index (χ1v) is 7.15. The van der Waals surface area contributed by atoms with Gasteiger partial charge in [-0.3, -0.25) is 4.79 Å². The number of alkyl halides is 1. The molecule has 0 heterocycles. The third-order valence-corrected chi connectivity index (χ3v) is 4.22. The van der Waals surface area contributed by atoms with Gasteiger partial charge < -0.3 is 9.84 Å². The first kappa shape index (κ1) is 14.8. The Hall–Kier alpha value is -1.65. The Morgan fingerprint density at radius 2 is 1.85 bits per heavy atom. The molecule has 104 valence electrons. The van der Waals surface area contributed by atoms with E-state index in [0.717, 1.165) is 15.5 Å². The standard InChI is InChI=1S/C15H13ClO3S/c1-19-10-6-8-11(9-7-10)20-13-5-3-2-4-12(13)14(16)15(17)18/h2-9,14H,1H3,(H,17,18). The zero-order valence-electron chi connectivity index (χ0n) is 10.7. The highest BCUT2D eigenvalue weighted by atomic mass is 35.5. The van der Waals surface area contributed by atoms with Crippen LogP contribution in [0.15, 0.2) is 58.3 Å². The van der Waals surface area contributed by atoms with E-state index in [1.54, 1.807) is 19.2 Å². The SMILES string of the molecule is COc1ccc(Sc2ccccc2C(Cl)C(=O)O)cc1. The Kier molecular flexibility index (Phi) is 4.93. The minimum atomic E-state index is -1.05. The number of rotatable bonds is 5. The van der Waals surface area contributed by atoms with Crippen LogP contribution in [0.25, 0.3) is 0 Å². The van der Waals surface area contributed by atoms with Gasteiger partial charge in [0.15, 0.2) is 5.38 Å². The van der Waals surface area contributed by atoms with Crippen LogP contribution in [0.2, 0.25) is 0 Å². The van der Waals surface area contributed by atoms with Gasteiger partial charge in [0.1, 0.15) is 5.75 Å². The number of halogens is 1. The normalized spacial score (nSPS) is 11.9. The van der Waals surface area contributed by atoms with Gasteiger partial charge in [0, 0.05) is 9.79 Å². The van der Waals surface area contributed by atoms with Crippen molar-refractivity contribution in [3.8, 4) is 5.75 Å². The number of carboxylic acids is 1. The second-order valence-corrected chi connectivity index (χ2v) is 5.57. The quantitative estimate of drug-likeness (QED) is 0.840. The van der Waals surface area contributed by atoms with Crippen LogP contribution >= 0.6 is 23.4 Å². The van der Waals surface area contributed by atoms with Gasteiger partial charge in [0.2, 0.25) is 0 Å². The zero-order chi connectivity index (χ0) is 14.5. The molecule has 2 aromatic carbocycles. The Morgan fingerprint density at radius 3 is 2.45 bits per heavy atom. The molecule has 0 fully saturated rings. The first-order chi connectivity index (χ1) is 9.61. The highest BCUT2D eigenvalue weighted by molar-refractivity contribution is 7.99. The van der Waals surface area contributed by atoms with Crippen molar-refractivity contribution in [1.29, 1.82) is 0 Å². The van der Waals surface area contributed by atoms with Crippen LogP contribution in [0.3, 0.4) is 0 Å². The van der Waals surface area contributed by atoms with Crippen LogP contribution in [0.4, 0.5) is 0 Å². The fourth-order valence-corrected chi connectivity index (χ4v) is 2.92. The van der Waals surface area contributed by atoms with E-state index < -0.39 is 11.3 Å². The van der Waals surface area contributed by atoms with Gasteiger partial charge >= 0.3 is 5.97 Å². The van der Waals surface area contributed by atoms with Gasteiger partial charge in [-0.2, -0.15) is 0 Å². The summed E-state index contributed by atoms with van der Waals surface area (Å²) in [5, 5.41) is 7.99. The maximum absolute atomic E-state index is 11.0. The molecule has 1 unspecified atom stereocenters. The van der Waals surface area contributed by atoms with E-state index in [1.165, 1.54) is 11.8 Å². The Bertz CT molecular complexity index is 598. The Morgan fingerprint density at radius 1 is 1.20 bits per heavy atom. The van der Waals surface area contributed by atoms with Gasteiger partial charge in [0.05, 0.1) is 7.11 Å². The van der Waals surface area contributed by atoms with Crippen molar-refractivity contribution in [1.82, 2.24) is 0 Å². The molecule has 2 rings (SSSR count). The smallest absolute Gasteiger partial charge is 0.326 e. The molecule has 0 aliphatic carbocycles. The molecule has 0 saturated carbocycles. The topological polar surface area (TPSA) is 46.5 Å². The number of benzene rings is 2. The third kappa shape index (κ3) is 3.46. The van der Waals surface area contributed by atoms with Crippen LogP contribution < -0.4 is 4.74 Å². The van der Waals surface area contributed by atoms with E-state index >= 15 is 0 Å². The lowest BCUT2D eigenvalue weighted by Gasteiger charge is -2.11. The van der Waals surface area contributed by atoms with Gasteiger partial charge in [-0.1, -0.05) is 30.0 Å². The summed E-state index contributed by atoms with van der Waals surface area (Å²) < 4.78 is 5.10. The highest BCUT2D eigenvalue weighted by Gasteiger charge is 2.19. The molecular formula is C15H13ClO3S. The molecule has 2 aromatic rings. The van der Waals surface area contributed by atoms with Crippen LogP contribution in [-0.2, 0) is 4.79 Å². The van der Waals surface area contributed by atoms with E-state index in [-0.39, 0.29) is 0 Å². The molecule has 5 heteroatoms. The summed E-state index contributed by atoms with van der Waals surface area (Å²) in [6.07, 6.45) is 0. The molecule has 0 bridgehead atoms. The number of ether oxygens (including phenoxy) is 1. The van der Waals surface area contributed by atoms with E-state index in [9.17, 15) is 4.79 Å². The predicted molar refractivity (Wildman–Crippen MR) is 79.8 cm³/mol. The summed E-state index contributed by atoms with van der Waals surface area (Å²) in [5.41, 5.74) is 0.600. The maximum Gasteiger partial charge on any atom is 0.326 e. The summed E-state index contributed by atoms with van der Waals surface area (Å²) in [6.45, 7) is 0. The highest BCUT2D eigenvalue weighted by Crippen LogP contribution is 2.36. The van der Waals surface area contributed by atoms with Crippen LogP contribution in [-0.4, -0.2) is 18.2 Å². The monoisotopic (exact) mass is 308 g/mol. The van der Waals surface area contributed by atoms with Crippen molar-refractivity contribution in [3.05, 3.63) is 54.1 Å². The van der Waals surface area contributed by atoms with Crippen molar-refractivity contribution in [2.75, 3.05) is 7.11 Å². The molecular weight excluding hydrogens is 296 g/mol. The van der Waals surface area contributed by atoms with Gasteiger partial charge in [-0.15, -0.1) is 11.6 Å². The Labute approximate surface area is 126 Å². The number of hydrogen-bond acceptors (Lipinski definition) is 3. The summed E-state index contributed by atoms with van der Waals surface area (Å²) in [5.74, 6) is -0.266. The van der Waals surface area contributed by atoms with Crippen LogP contribution in [0.1, 0.15) is 10.9 Å². The van der Waals surface area contributed by atoms with Crippen molar-refractivity contribution < 1.29 is 14.6 Å². The summed E-state index contributed by atoms with van der Waals surface area (Å²) in [4.78, 5) is 12.9. The summed E-state index contributed by atoms with van der Waals surface area (Å²) in [6, 6.07) is 14.8. The number of hydrogen-bond donors (Lipinski definition) is 1. The second kappa shape index (κ2) is 6.68. The Balaban J connectivity index is 2.26. The minimum absolute atomic E-state index is 0.600. The molecule has 0 radical (unpaired) electrons. The molecule has 1 N–H and O–H groups in total. The van der Waals surface area contributed by atoms with E-state index in [0.29, 0.717) is 5.56 Å². The largest absolute Gasteiger partial charge is 0.497 e. The number of aliphatic carboxylic acids is 1. The lowest BCUT2D eigenvalue weighted by atomic mass is 10.1. The fraction of sp³-hybridized carbons (Fsp3) is 0.133. The fourth-order valence-electron chi connectivity index (χ4n) is 1.69. The van der Waals surface area contributed by atoms with Gasteiger partial charge in [-0.25, -0.2) is 0 Å². The van der Waals surface area contributed by atoms with Crippen molar-refractivity contribution in [2.45, 2.75) is 15.2 Å². The zero-order valence-corrected chi connectivity index (χ0v) is 12.3. The lowest BCUT2D eigenvalue weighted by molar-refractivity contribution is -0.136. The molecule has 0 aromatic heterocycles. The minimum Gasteiger partial charge on any atom is -0.497 e. The molecule has 1 atom stereocenters.